The minimum absolute atomic E-state index is 0.105. The molecule has 2 aromatic rings. The molecule has 1 aliphatic rings. The van der Waals surface area contributed by atoms with E-state index in [1.807, 2.05) is 30.3 Å². The van der Waals surface area contributed by atoms with Crippen molar-refractivity contribution in [3.05, 3.63) is 52.0 Å². The topological polar surface area (TPSA) is 64.1 Å². The third-order valence-electron chi connectivity index (χ3n) is 4.43. The Morgan fingerprint density at radius 1 is 1.19 bits per heavy atom. The number of aliphatic imine (C=N–C) groups is 1. The van der Waals surface area contributed by atoms with Crippen LogP contribution in [0.4, 0.5) is 0 Å². The van der Waals surface area contributed by atoms with Crippen molar-refractivity contribution in [3.8, 4) is 17.2 Å². The normalized spacial score (nSPS) is 15.7. The molecule has 27 heavy (non-hydrogen) atoms. The highest BCUT2D eigenvalue weighted by molar-refractivity contribution is 9.10. The quantitative estimate of drug-likeness (QED) is 0.541. The van der Waals surface area contributed by atoms with Gasteiger partial charge >= 0.3 is 0 Å². The van der Waals surface area contributed by atoms with Crippen LogP contribution in [0.1, 0.15) is 11.1 Å². The fourth-order valence-corrected chi connectivity index (χ4v) is 3.47. The number of para-hydroxylation sites is 1. The van der Waals surface area contributed by atoms with Crippen molar-refractivity contribution in [1.82, 2.24) is 10.6 Å². The first-order valence-corrected chi connectivity index (χ1v) is 9.53. The molecular formula is C20H24BrN3O3. The number of hydrogen-bond donors (Lipinski definition) is 2. The van der Waals surface area contributed by atoms with Crippen molar-refractivity contribution in [2.24, 2.45) is 4.99 Å². The number of halogens is 1. The predicted octanol–water partition coefficient (Wildman–Crippen LogP) is 3.14. The Kier molecular flexibility index (Phi) is 6.45. The molecular weight excluding hydrogens is 410 g/mol. The molecule has 1 aliphatic heterocycles. The summed E-state index contributed by atoms with van der Waals surface area (Å²) in [5.74, 6) is 3.07. The van der Waals surface area contributed by atoms with Gasteiger partial charge in [-0.15, -0.1) is 0 Å². The minimum atomic E-state index is 0.105. The van der Waals surface area contributed by atoms with Crippen LogP contribution >= 0.6 is 15.9 Å². The van der Waals surface area contributed by atoms with E-state index >= 15 is 0 Å². The van der Waals surface area contributed by atoms with Crippen molar-refractivity contribution in [2.75, 3.05) is 27.8 Å². The lowest BCUT2D eigenvalue weighted by molar-refractivity contribution is 0.235. The Morgan fingerprint density at radius 2 is 1.93 bits per heavy atom. The molecule has 2 aromatic carbocycles. The summed E-state index contributed by atoms with van der Waals surface area (Å²) in [6.45, 7) is 1.27. The maximum Gasteiger partial charge on any atom is 0.191 e. The molecule has 0 saturated heterocycles. The van der Waals surface area contributed by atoms with Gasteiger partial charge in [0.25, 0.3) is 0 Å². The van der Waals surface area contributed by atoms with E-state index in [4.69, 9.17) is 14.2 Å². The Balaban J connectivity index is 1.54. The molecule has 1 heterocycles. The summed E-state index contributed by atoms with van der Waals surface area (Å²) in [7, 11) is 5.00. The van der Waals surface area contributed by atoms with Gasteiger partial charge < -0.3 is 24.8 Å². The van der Waals surface area contributed by atoms with Gasteiger partial charge in [0.05, 0.1) is 20.8 Å². The molecule has 0 radical (unpaired) electrons. The molecule has 0 aromatic heterocycles. The molecule has 144 valence electrons. The van der Waals surface area contributed by atoms with Gasteiger partial charge in [0.1, 0.15) is 11.9 Å². The van der Waals surface area contributed by atoms with E-state index in [-0.39, 0.29) is 6.10 Å². The summed E-state index contributed by atoms with van der Waals surface area (Å²) in [6.07, 6.45) is 1.01. The molecule has 0 saturated carbocycles. The average molecular weight is 434 g/mol. The number of nitrogens with zero attached hydrogens (tertiary/aromatic N) is 1. The smallest absolute Gasteiger partial charge is 0.191 e. The van der Waals surface area contributed by atoms with Gasteiger partial charge in [-0.1, -0.05) is 34.1 Å². The first kappa shape index (κ1) is 19.4. The number of methoxy groups -OCH3 is 2. The van der Waals surface area contributed by atoms with E-state index in [1.165, 1.54) is 5.56 Å². The van der Waals surface area contributed by atoms with E-state index < -0.39 is 0 Å². The van der Waals surface area contributed by atoms with E-state index in [2.05, 4.69) is 37.6 Å². The standard InChI is InChI=1S/C20H24BrN3O3/c1-22-20(24-12-15-8-13-6-4-5-7-17(13)27-15)23-11-14-9-18(25-2)19(26-3)10-16(14)21/h4-7,9-10,15H,8,11-12H2,1-3H3,(H2,22,23,24). The lowest BCUT2D eigenvalue weighted by atomic mass is 10.1. The fraction of sp³-hybridized carbons (Fsp3) is 0.350. The highest BCUT2D eigenvalue weighted by atomic mass is 79.9. The molecule has 0 fully saturated rings. The van der Waals surface area contributed by atoms with Gasteiger partial charge in [-0.2, -0.15) is 0 Å². The van der Waals surface area contributed by atoms with Crippen LogP contribution in [0.15, 0.2) is 45.9 Å². The van der Waals surface area contributed by atoms with Crippen LogP contribution in [-0.2, 0) is 13.0 Å². The van der Waals surface area contributed by atoms with Gasteiger partial charge in [-0.05, 0) is 29.3 Å². The highest BCUT2D eigenvalue weighted by Crippen LogP contribution is 2.33. The average Bonchev–Trinajstić information content (AvgIpc) is 3.11. The first-order chi connectivity index (χ1) is 13.1. The van der Waals surface area contributed by atoms with Gasteiger partial charge in [0.15, 0.2) is 17.5 Å². The second-order valence-electron chi connectivity index (χ2n) is 6.16. The molecule has 1 unspecified atom stereocenters. The Bertz CT molecular complexity index is 801. The molecule has 1 atom stereocenters. The van der Waals surface area contributed by atoms with Crippen LogP contribution < -0.4 is 24.8 Å². The molecule has 0 amide bonds. The van der Waals surface area contributed by atoms with E-state index in [0.29, 0.717) is 24.6 Å². The summed E-state index contributed by atoms with van der Waals surface area (Å²) in [4.78, 5) is 4.29. The van der Waals surface area contributed by atoms with Gasteiger partial charge in [-0.3, -0.25) is 4.99 Å². The second kappa shape index (κ2) is 8.99. The molecule has 3 rings (SSSR count). The number of fused-ring (bicyclic) bond motifs is 1. The lowest BCUT2D eigenvalue weighted by Gasteiger charge is -2.17. The van der Waals surface area contributed by atoms with E-state index in [0.717, 1.165) is 28.2 Å². The Morgan fingerprint density at radius 3 is 2.63 bits per heavy atom. The zero-order valence-electron chi connectivity index (χ0n) is 15.7. The molecule has 0 aliphatic carbocycles. The molecule has 6 nitrogen and oxygen atoms in total. The van der Waals surface area contributed by atoms with Crippen LogP contribution in [-0.4, -0.2) is 39.9 Å². The largest absolute Gasteiger partial charge is 0.493 e. The van der Waals surface area contributed by atoms with Gasteiger partial charge in [0, 0.05) is 24.5 Å². The van der Waals surface area contributed by atoms with Crippen molar-refractivity contribution < 1.29 is 14.2 Å². The zero-order valence-corrected chi connectivity index (χ0v) is 17.3. The summed E-state index contributed by atoms with van der Waals surface area (Å²) in [6, 6.07) is 12.0. The van der Waals surface area contributed by atoms with Crippen LogP contribution in [0.5, 0.6) is 17.2 Å². The van der Waals surface area contributed by atoms with Crippen LogP contribution in [0.3, 0.4) is 0 Å². The third kappa shape index (κ3) is 4.66. The monoisotopic (exact) mass is 433 g/mol. The number of hydrogen-bond acceptors (Lipinski definition) is 4. The lowest BCUT2D eigenvalue weighted by Crippen LogP contribution is -2.42. The fourth-order valence-electron chi connectivity index (χ4n) is 3.01. The van der Waals surface area contributed by atoms with Crippen LogP contribution in [0, 0.1) is 0 Å². The van der Waals surface area contributed by atoms with Gasteiger partial charge in [0.2, 0.25) is 0 Å². The molecule has 0 spiro atoms. The SMILES string of the molecule is CN=C(NCc1cc(OC)c(OC)cc1Br)NCC1Cc2ccccc2O1. The number of benzene rings is 2. The van der Waals surface area contributed by atoms with Crippen LogP contribution in [0.25, 0.3) is 0 Å². The highest BCUT2D eigenvalue weighted by Gasteiger charge is 2.22. The number of ether oxygens (including phenoxy) is 3. The second-order valence-corrected chi connectivity index (χ2v) is 7.01. The Labute approximate surface area is 168 Å². The third-order valence-corrected chi connectivity index (χ3v) is 5.17. The summed E-state index contributed by atoms with van der Waals surface area (Å²) < 4.78 is 17.6. The minimum Gasteiger partial charge on any atom is -0.493 e. The molecule has 7 heteroatoms. The van der Waals surface area contributed by atoms with Gasteiger partial charge in [-0.25, -0.2) is 0 Å². The molecule has 2 N–H and O–H groups in total. The number of guanidine groups is 1. The number of nitrogens with one attached hydrogen (secondary N) is 2. The van der Waals surface area contributed by atoms with Crippen molar-refractivity contribution in [1.29, 1.82) is 0 Å². The van der Waals surface area contributed by atoms with E-state index in [9.17, 15) is 0 Å². The summed E-state index contributed by atoms with van der Waals surface area (Å²) in [5.41, 5.74) is 2.29. The van der Waals surface area contributed by atoms with E-state index in [1.54, 1.807) is 21.3 Å². The number of rotatable bonds is 6. The summed E-state index contributed by atoms with van der Waals surface area (Å²) in [5, 5.41) is 6.65. The van der Waals surface area contributed by atoms with Crippen molar-refractivity contribution in [2.45, 2.75) is 19.1 Å². The van der Waals surface area contributed by atoms with Crippen molar-refractivity contribution in [3.63, 3.8) is 0 Å². The Hall–Kier alpha value is -2.41. The molecule has 0 bridgehead atoms. The predicted molar refractivity (Wildman–Crippen MR) is 110 cm³/mol. The maximum atomic E-state index is 5.96. The van der Waals surface area contributed by atoms with Crippen LogP contribution in [0.2, 0.25) is 0 Å². The zero-order chi connectivity index (χ0) is 19.2. The first-order valence-electron chi connectivity index (χ1n) is 8.74. The summed E-state index contributed by atoms with van der Waals surface area (Å²) >= 11 is 3.58. The maximum absolute atomic E-state index is 5.96. The van der Waals surface area contributed by atoms with Crippen molar-refractivity contribution >= 4 is 21.9 Å².